The molecule has 19 heavy (non-hydrogen) atoms. The summed E-state index contributed by atoms with van der Waals surface area (Å²) < 4.78 is 5.15. The first kappa shape index (κ1) is 14.2. The Morgan fingerprint density at radius 2 is 2.21 bits per heavy atom. The third-order valence-corrected chi connectivity index (χ3v) is 3.90. The van der Waals surface area contributed by atoms with Gasteiger partial charge in [0.2, 0.25) is 0 Å². The minimum Gasteiger partial charge on any atom is -0.495 e. The topological polar surface area (TPSA) is 34.1 Å². The summed E-state index contributed by atoms with van der Waals surface area (Å²) in [5.74, 6) is 1.29. The lowest BCUT2D eigenvalue weighted by Crippen LogP contribution is -2.07. The Morgan fingerprint density at radius 3 is 2.84 bits per heavy atom. The standard InChI is InChI=1S/C14H17ClN2OS/c1-9(2)7-16-14-17-8-13(19-14)10-4-5-12(18-3)11(15)6-10/h4-6,8-9H,7H2,1-3H3,(H,16,17). The maximum Gasteiger partial charge on any atom is 0.183 e. The van der Waals surface area contributed by atoms with Crippen molar-refractivity contribution in [3.8, 4) is 16.2 Å². The van der Waals surface area contributed by atoms with Crippen LogP contribution in [-0.2, 0) is 0 Å². The number of hydrogen-bond acceptors (Lipinski definition) is 4. The average Bonchev–Trinajstić information content (AvgIpc) is 2.85. The lowest BCUT2D eigenvalue weighted by molar-refractivity contribution is 0.415. The van der Waals surface area contributed by atoms with E-state index in [9.17, 15) is 0 Å². The second-order valence-electron chi connectivity index (χ2n) is 4.65. The number of nitrogens with one attached hydrogen (secondary N) is 1. The Balaban J connectivity index is 2.16. The normalized spacial score (nSPS) is 10.8. The predicted molar refractivity (Wildman–Crippen MR) is 82.4 cm³/mol. The number of halogens is 1. The van der Waals surface area contributed by atoms with E-state index in [1.54, 1.807) is 18.4 Å². The summed E-state index contributed by atoms with van der Waals surface area (Å²) >= 11 is 7.76. The molecule has 0 saturated carbocycles. The molecule has 0 fully saturated rings. The van der Waals surface area contributed by atoms with Gasteiger partial charge in [0.25, 0.3) is 0 Å². The smallest absolute Gasteiger partial charge is 0.183 e. The molecule has 0 bridgehead atoms. The van der Waals surface area contributed by atoms with E-state index in [-0.39, 0.29) is 0 Å². The lowest BCUT2D eigenvalue weighted by atomic mass is 10.2. The number of ether oxygens (including phenoxy) is 1. The zero-order chi connectivity index (χ0) is 13.8. The molecule has 1 N–H and O–H groups in total. The number of methoxy groups -OCH3 is 1. The van der Waals surface area contributed by atoms with Crippen molar-refractivity contribution in [3.05, 3.63) is 29.4 Å². The minimum absolute atomic E-state index is 0.600. The quantitative estimate of drug-likeness (QED) is 0.879. The van der Waals surface area contributed by atoms with Gasteiger partial charge in [-0.15, -0.1) is 0 Å². The molecule has 1 aromatic carbocycles. The highest BCUT2D eigenvalue weighted by molar-refractivity contribution is 7.18. The molecule has 2 rings (SSSR count). The molecule has 102 valence electrons. The summed E-state index contributed by atoms with van der Waals surface area (Å²) in [6.45, 7) is 5.27. The van der Waals surface area contributed by atoms with Crippen molar-refractivity contribution in [1.29, 1.82) is 0 Å². The minimum atomic E-state index is 0.600. The Hall–Kier alpha value is -1.26. The SMILES string of the molecule is COc1ccc(-c2cnc(NCC(C)C)s2)cc1Cl. The van der Waals surface area contributed by atoms with Crippen molar-refractivity contribution in [2.24, 2.45) is 5.92 Å². The first-order valence-electron chi connectivity index (χ1n) is 6.13. The zero-order valence-electron chi connectivity index (χ0n) is 11.2. The van der Waals surface area contributed by atoms with Crippen molar-refractivity contribution < 1.29 is 4.74 Å². The number of rotatable bonds is 5. The maximum atomic E-state index is 6.13. The van der Waals surface area contributed by atoms with Crippen LogP contribution in [0.2, 0.25) is 5.02 Å². The van der Waals surface area contributed by atoms with Crippen LogP contribution in [0.3, 0.4) is 0 Å². The summed E-state index contributed by atoms with van der Waals surface area (Å²) in [6, 6.07) is 5.77. The van der Waals surface area contributed by atoms with E-state index in [0.29, 0.717) is 16.7 Å². The van der Waals surface area contributed by atoms with Gasteiger partial charge in [0.1, 0.15) is 5.75 Å². The van der Waals surface area contributed by atoms with Gasteiger partial charge in [0.15, 0.2) is 5.13 Å². The van der Waals surface area contributed by atoms with Gasteiger partial charge >= 0.3 is 0 Å². The molecule has 0 amide bonds. The van der Waals surface area contributed by atoms with Gasteiger partial charge in [0.05, 0.1) is 17.0 Å². The fraction of sp³-hybridized carbons (Fsp3) is 0.357. The molecule has 0 radical (unpaired) electrons. The number of nitrogens with zero attached hydrogens (tertiary/aromatic N) is 1. The van der Waals surface area contributed by atoms with Crippen LogP contribution in [0.4, 0.5) is 5.13 Å². The summed E-state index contributed by atoms with van der Waals surface area (Å²) in [7, 11) is 1.61. The fourth-order valence-corrected chi connectivity index (χ4v) is 2.68. The molecule has 0 aliphatic rings. The van der Waals surface area contributed by atoms with Gasteiger partial charge in [-0.25, -0.2) is 4.98 Å². The van der Waals surface area contributed by atoms with Crippen LogP contribution in [0.15, 0.2) is 24.4 Å². The van der Waals surface area contributed by atoms with Crippen LogP contribution in [0, 0.1) is 5.92 Å². The van der Waals surface area contributed by atoms with E-state index < -0.39 is 0 Å². The van der Waals surface area contributed by atoms with E-state index in [1.807, 2.05) is 24.4 Å². The Morgan fingerprint density at radius 1 is 1.42 bits per heavy atom. The molecule has 0 atom stereocenters. The average molecular weight is 297 g/mol. The van der Waals surface area contributed by atoms with Crippen molar-refractivity contribution in [2.75, 3.05) is 19.0 Å². The summed E-state index contributed by atoms with van der Waals surface area (Å²) in [4.78, 5) is 5.46. The highest BCUT2D eigenvalue weighted by Crippen LogP contribution is 2.34. The monoisotopic (exact) mass is 296 g/mol. The van der Waals surface area contributed by atoms with E-state index in [0.717, 1.165) is 22.1 Å². The van der Waals surface area contributed by atoms with E-state index in [4.69, 9.17) is 16.3 Å². The van der Waals surface area contributed by atoms with Gasteiger partial charge in [-0.2, -0.15) is 0 Å². The second kappa shape index (κ2) is 6.26. The van der Waals surface area contributed by atoms with Gasteiger partial charge in [-0.05, 0) is 29.7 Å². The molecule has 5 heteroatoms. The maximum absolute atomic E-state index is 6.13. The Kier molecular flexibility index (Phi) is 4.66. The molecule has 1 heterocycles. The van der Waals surface area contributed by atoms with Crippen molar-refractivity contribution in [2.45, 2.75) is 13.8 Å². The number of thiazole rings is 1. The van der Waals surface area contributed by atoms with Crippen molar-refractivity contribution in [3.63, 3.8) is 0 Å². The molecular formula is C14H17ClN2OS. The van der Waals surface area contributed by atoms with Crippen LogP contribution < -0.4 is 10.1 Å². The van der Waals surface area contributed by atoms with Gasteiger partial charge < -0.3 is 10.1 Å². The second-order valence-corrected chi connectivity index (χ2v) is 6.09. The third kappa shape index (κ3) is 3.61. The molecule has 0 unspecified atom stereocenters. The highest BCUT2D eigenvalue weighted by atomic mass is 35.5. The van der Waals surface area contributed by atoms with Crippen LogP contribution in [0.1, 0.15) is 13.8 Å². The molecule has 1 aromatic heterocycles. The van der Waals surface area contributed by atoms with Crippen LogP contribution in [0.5, 0.6) is 5.75 Å². The number of hydrogen-bond donors (Lipinski definition) is 1. The van der Waals surface area contributed by atoms with E-state index >= 15 is 0 Å². The van der Waals surface area contributed by atoms with Gasteiger partial charge in [0, 0.05) is 12.7 Å². The number of anilines is 1. The molecular weight excluding hydrogens is 280 g/mol. The third-order valence-electron chi connectivity index (χ3n) is 2.60. The van der Waals surface area contributed by atoms with Crippen molar-refractivity contribution in [1.82, 2.24) is 4.98 Å². The molecule has 2 aromatic rings. The molecule has 3 nitrogen and oxygen atoms in total. The zero-order valence-corrected chi connectivity index (χ0v) is 12.8. The van der Waals surface area contributed by atoms with Crippen LogP contribution >= 0.6 is 22.9 Å². The fourth-order valence-electron chi connectivity index (χ4n) is 1.60. The number of benzene rings is 1. The Bertz CT molecular complexity index is 554. The Labute approximate surface area is 122 Å². The van der Waals surface area contributed by atoms with Gasteiger partial charge in [-0.1, -0.05) is 36.8 Å². The predicted octanol–water partition coefficient (Wildman–Crippen LogP) is 4.54. The molecule has 0 aliphatic heterocycles. The molecule has 0 saturated heterocycles. The first-order chi connectivity index (χ1) is 9.10. The first-order valence-corrected chi connectivity index (χ1v) is 7.33. The summed E-state index contributed by atoms with van der Waals surface area (Å²) in [6.07, 6.45) is 1.87. The summed E-state index contributed by atoms with van der Waals surface area (Å²) in [5.41, 5.74) is 1.06. The largest absolute Gasteiger partial charge is 0.495 e. The van der Waals surface area contributed by atoms with Crippen LogP contribution in [-0.4, -0.2) is 18.6 Å². The molecule has 0 spiro atoms. The highest BCUT2D eigenvalue weighted by Gasteiger charge is 2.07. The van der Waals surface area contributed by atoms with E-state index in [1.165, 1.54) is 0 Å². The summed E-state index contributed by atoms with van der Waals surface area (Å²) in [5, 5.41) is 4.88. The lowest BCUT2D eigenvalue weighted by Gasteiger charge is -2.05. The molecule has 0 aliphatic carbocycles. The van der Waals surface area contributed by atoms with Crippen molar-refractivity contribution >= 4 is 28.1 Å². The van der Waals surface area contributed by atoms with Gasteiger partial charge in [-0.3, -0.25) is 0 Å². The van der Waals surface area contributed by atoms with E-state index in [2.05, 4.69) is 24.1 Å². The number of aromatic nitrogens is 1. The van der Waals surface area contributed by atoms with Crippen LogP contribution in [0.25, 0.3) is 10.4 Å².